The molecule has 0 N–H and O–H groups in total. The molecule has 0 amide bonds. The Hall–Kier alpha value is -1.06. The van der Waals surface area contributed by atoms with E-state index in [0.29, 0.717) is 35.9 Å². The van der Waals surface area contributed by atoms with E-state index in [9.17, 15) is 4.79 Å². The van der Waals surface area contributed by atoms with E-state index in [1.165, 1.54) is 0 Å². The number of ether oxygens (including phenoxy) is 1. The minimum Gasteiger partial charge on any atom is -0.493 e. The van der Waals surface area contributed by atoms with Crippen molar-refractivity contribution >= 4 is 17.4 Å². The summed E-state index contributed by atoms with van der Waals surface area (Å²) in [5, 5.41) is 0.458. The zero-order valence-electron chi connectivity index (χ0n) is 10.5. The van der Waals surface area contributed by atoms with Crippen molar-refractivity contribution in [3.05, 3.63) is 28.8 Å². The number of rotatable bonds is 6. The van der Waals surface area contributed by atoms with Crippen LogP contribution in [-0.4, -0.2) is 37.9 Å². The highest BCUT2D eigenvalue weighted by Gasteiger charge is 2.16. The topological polar surface area (TPSA) is 29.5 Å². The van der Waals surface area contributed by atoms with Crippen LogP contribution in [0.2, 0.25) is 5.02 Å². The molecule has 94 valence electrons. The molecule has 1 rings (SSSR count). The molecule has 0 saturated heterocycles. The van der Waals surface area contributed by atoms with Crippen LogP contribution in [0.4, 0.5) is 0 Å². The normalized spacial score (nSPS) is 10.6. The van der Waals surface area contributed by atoms with Crippen LogP contribution in [-0.2, 0) is 0 Å². The Morgan fingerprint density at radius 2 is 2.12 bits per heavy atom. The summed E-state index contributed by atoms with van der Waals surface area (Å²) in [5.41, 5.74) is 0.498. The summed E-state index contributed by atoms with van der Waals surface area (Å²) in [6, 6.07) is 5.28. The first-order chi connectivity index (χ1) is 8.06. The lowest BCUT2D eigenvalue weighted by molar-refractivity contribution is 0.0969. The van der Waals surface area contributed by atoms with Gasteiger partial charge in [0.2, 0.25) is 0 Å². The third-order valence-corrected chi connectivity index (χ3v) is 2.66. The van der Waals surface area contributed by atoms with Crippen molar-refractivity contribution in [2.75, 3.05) is 27.2 Å². The number of Topliss-reactive ketones (excluding diaryl/α,β-unsaturated/α-hetero) is 1. The molecule has 0 saturated carbocycles. The van der Waals surface area contributed by atoms with Gasteiger partial charge in [0.05, 0.1) is 17.2 Å². The fourth-order valence-electron chi connectivity index (χ4n) is 1.50. The molecule has 0 radical (unpaired) electrons. The maximum atomic E-state index is 12.1. The van der Waals surface area contributed by atoms with E-state index in [1.54, 1.807) is 18.2 Å². The van der Waals surface area contributed by atoms with Gasteiger partial charge in [-0.25, -0.2) is 0 Å². The third-order valence-electron chi connectivity index (χ3n) is 2.34. The number of benzene rings is 1. The molecule has 0 aromatic heterocycles. The second-order valence-corrected chi connectivity index (χ2v) is 4.43. The highest BCUT2D eigenvalue weighted by Crippen LogP contribution is 2.27. The second-order valence-electron chi connectivity index (χ2n) is 4.02. The van der Waals surface area contributed by atoms with Gasteiger partial charge < -0.3 is 9.64 Å². The summed E-state index contributed by atoms with van der Waals surface area (Å²) < 4.78 is 5.43. The van der Waals surface area contributed by atoms with E-state index in [-0.39, 0.29) is 5.78 Å². The van der Waals surface area contributed by atoms with Gasteiger partial charge in [0, 0.05) is 13.0 Å². The summed E-state index contributed by atoms with van der Waals surface area (Å²) in [4.78, 5) is 14.0. The first-order valence-electron chi connectivity index (χ1n) is 5.65. The monoisotopic (exact) mass is 255 g/mol. The Morgan fingerprint density at radius 3 is 2.71 bits per heavy atom. The van der Waals surface area contributed by atoms with E-state index in [1.807, 2.05) is 25.9 Å². The summed E-state index contributed by atoms with van der Waals surface area (Å²) in [6.45, 7) is 3.11. The van der Waals surface area contributed by atoms with E-state index < -0.39 is 0 Å². The number of carbonyl (C=O) groups excluding carboxylic acids is 1. The maximum absolute atomic E-state index is 12.1. The van der Waals surface area contributed by atoms with Gasteiger partial charge in [-0.15, -0.1) is 0 Å². The molecule has 0 unspecified atom stereocenters. The first kappa shape index (κ1) is 14.0. The van der Waals surface area contributed by atoms with Crippen molar-refractivity contribution in [3.63, 3.8) is 0 Å². The van der Waals surface area contributed by atoms with E-state index in [2.05, 4.69) is 0 Å². The molecular weight excluding hydrogens is 238 g/mol. The summed E-state index contributed by atoms with van der Waals surface area (Å²) in [7, 11) is 3.87. The number of hydrogen-bond acceptors (Lipinski definition) is 3. The van der Waals surface area contributed by atoms with Crippen molar-refractivity contribution in [2.24, 2.45) is 0 Å². The largest absolute Gasteiger partial charge is 0.493 e. The summed E-state index contributed by atoms with van der Waals surface area (Å²) >= 11 is 6.06. The highest BCUT2D eigenvalue weighted by molar-refractivity contribution is 6.34. The van der Waals surface area contributed by atoms with Crippen LogP contribution in [0.1, 0.15) is 23.7 Å². The molecule has 0 aliphatic rings. The zero-order chi connectivity index (χ0) is 12.8. The molecule has 0 bridgehead atoms. The number of halogens is 1. The van der Waals surface area contributed by atoms with Crippen LogP contribution in [0.25, 0.3) is 0 Å². The van der Waals surface area contributed by atoms with Gasteiger partial charge in [-0.3, -0.25) is 4.79 Å². The lowest BCUT2D eigenvalue weighted by Gasteiger charge is -2.12. The fraction of sp³-hybridized carbons (Fsp3) is 0.462. The van der Waals surface area contributed by atoms with E-state index in [0.717, 1.165) is 0 Å². The van der Waals surface area contributed by atoms with Crippen LogP contribution in [0.5, 0.6) is 5.75 Å². The van der Waals surface area contributed by atoms with Crippen molar-refractivity contribution in [3.8, 4) is 5.75 Å². The lowest BCUT2D eigenvalue weighted by atomic mass is 10.1. The molecule has 0 atom stereocenters. The zero-order valence-corrected chi connectivity index (χ0v) is 11.3. The van der Waals surface area contributed by atoms with Gasteiger partial charge in [0.25, 0.3) is 0 Å². The molecule has 0 heterocycles. The standard InChI is InChI=1S/C13H18ClNO2/c1-4-17-12-7-5-6-10(14)13(12)11(16)8-9-15(2)3/h5-7H,4,8-9H2,1-3H3. The van der Waals surface area contributed by atoms with Gasteiger partial charge in [0.15, 0.2) is 5.78 Å². The van der Waals surface area contributed by atoms with Crippen LogP contribution in [0, 0.1) is 0 Å². The lowest BCUT2D eigenvalue weighted by Crippen LogP contribution is -2.17. The average molecular weight is 256 g/mol. The molecule has 0 spiro atoms. The minimum atomic E-state index is 0.0211. The average Bonchev–Trinajstić information content (AvgIpc) is 2.26. The van der Waals surface area contributed by atoms with Crippen molar-refractivity contribution < 1.29 is 9.53 Å². The molecule has 1 aromatic carbocycles. The Balaban J connectivity index is 2.90. The van der Waals surface area contributed by atoms with Gasteiger partial charge in [0.1, 0.15) is 5.75 Å². The van der Waals surface area contributed by atoms with E-state index >= 15 is 0 Å². The third kappa shape index (κ3) is 4.02. The summed E-state index contributed by atoms with van der Waals surface area (Å²) in [5.74, 6) is 0.594. The maximum Gasteiger partial charge on any atom is 0.169 e. The minimum absolute atomic E-state index is 0.0211. The quantitative estimate of drug-likeness (QED) is 0.732. The van der Waals surface area contributed by atoms with E-state index in [4.69, 9.17) is 16.3 Å². The predicted molar refractivity (Wildman–Crippen MR) is 70.1 cm³/mol. The van der Waals surface area contributed by atoms with Gasteiger partial charge in [-0.2, -0.15) is 0 Å². The highest BCUT2D eigenvalue weighted by atomic mass is 35.5. The molecule has 17 heavy (non-hydrogen) atoms. The molecule has 3 nitrogen and oxygen atoms in total. The predicted octanol–water partition coefficient (Wildman–Crippen LogP) is 2.87. The van der Waals surface area contributed by atoms with Crippen molar-refractivity contribution in [1.29, 1.82) is 0 Å². The number of hydrogen-bond donors (Lipinski definition) is 0. The Bertz CT molecular complexity index is 391. The fourth-order valence-corrected chi connectivity index (χ4v) is 1.77. The van der Waals surface area contributed by atoms with Crippen LogP contribution in [0.15, 0.2) is 18.2 Å². The van der Waals surface area contributed by atoms with Gasteiger partial charge >= 0.3 is 0 Å². The molecule has 0 fully saturated rings. The number of ketones is 1. The molecule has 0 aliphatic heterocycles. The second kappa shape index (κ2) is 6.62. The molecule has 1 aromatic rings. The molecular formula is C13H18ClNO2. The van der Waals surface area contributed by atoms with Gasteiger partial charge in [-0.1, -0.05) is 17.7 Å². The van der Waals surface area contributed by atoms with Crippen LogP contribution in [0.3, 0.4) is 0 Å². The van der Waals surface area contributed by atoms with Gasteiger partial charge in [-0.05, 0) is 33.2 Å². The Labute approximate surface area is 107 Å². The molecule has 4 heteroatoms. The SMILES string of the molecule is CCOc1cccc(Cl)c1C(=O)CCN(C)C. The Kier molecular flexibility index (Phi) is 5.45. The summed E-state index contributed by atoms with van der Waals surface area (Å²) in [6.07, 6.45) is 0.441. The molecule has 0 aliphatic carbocycles. The number of nitrogens with zero attached hydrogens (tertiary/aromatic N) is 1. The van der Waals surface area contributed by atoms with Crippen LogP contribution >= 0.6 is 11.6 Å². The van der Waals surface area contributed by atoms with Crippen LogP contribution < -0.4 is 4.74 Å². The van der Waals surface area contributed by atoms with Crippen molar-refractivity contribution in [2.45, 2.75) is 13.3 Å². The Morgan fingerprint density at radius 1 is 1.41 bits per heavy atom. The van der Waals surface area contributed by atoms with Crippen molar-refractivity contribution in [1.82, 2.24) is 4.90 Å². The first-order valence-corrected chi connectivity index (χ1v) is 6.03. The smallest absolute Gasteiger partial charge is 0.169 e. The number of carbonyl (C=O) groups is 1.